The molecule has 0 aliphatic carbocycles. The molecule has 654 valence electrons. The van der Waals surface area contributed by atoms with Crippen molar-refractivity contribution in [1.82, 2.24) is 31.1 Å². The fourth-order valence-electron chi connectivity index (χ4n) is 12.5. The van der Waals surface area contributed by atoms with E-state index >= 15 is 0 Å². The Labute approximate surface area is 654 Å². The average molecular weight is 1640 g/mol. The summed E-state index contributed by atoms with van der Waals surface area (Å²) >= 11 is 0. The molecular weight excluding hydrogens is 1510 g/mol. The van der Waals surface area contributed by atoms with Crippen molar-refractivity contribution in [3.63, 3.8) is 0 Å². The number of amides is 7. The van der Waals surface area contributed by atoms with Crippen LogP contribution in [0, 0.1) is 11.8 Å². The topological polar surface area (TPSA) is 676 Å². The van der Waals surface area contributed by atoms with E-state index in [1.807, 2.05) is 0 Å². The zero-order valence-corrected chi connectivity index (χ0v) is 64.6. The second kappa shape index (κ2) is 51.7. The van der Waals surface area contributed by atoms with Crippen molar-refractivity contribution in [3.05, 3.63) is 0 Å². The maximum atomic E-state index is 13.9. The van der Waals surface area contributed by atoms with Crippen molar-refractivity contribution < 1.29 is 172 Å². The molecule has 113 heavy (non-hydrogen) atoms. The second-order valence-corrected chi connectivity index (χ2v) is 28.5. The number of aliphatic hydroxyl groups excluding tert-OH is 16. The normalized spacial score (nSPS) is 33.8. The highest BCUT2D eigenvalue weighted by Gasteiger charge is 2.53. The fourth-order valence-corrected chi connectivity index (χ4v) is 12.5. The Morgan fingerprint density at radius 3 is 1.30 bits per heavy atom. The number of ether oxygens (including phenoxy) is 10. The molecule has 6 heterocycles. The molecule has 6 saturated heterocycles. The van der Waals surface area contributed by atoms with E-state index in [4.69, 9.17) is 47.4 Å². The van der Waals surface area contributed by atoms with Crippen molar-refractivity contribution >= 4 is 52.9 Å². The summed E-state index contributed by atoms with van der Waals surface area (Å²) in [5, 5.41) is 177. The van der Waals surface area contributed by atoms with E-state index in [0.29, 0.717) is 64.2 Å². The number of nitrogens with zero attached hydrogens (tertiary/aromatic N) is 2. The highest BCUT2D eigenvalue weighted by molar-refractivity contribution is 5.86. The van der Waals surface area contributed by atoms with Crippen LogP contribution in [0.15, 0.2) is 0 Å². The van der Waals surface area contributed by atoms with Crippen LogP contribution in [0.2, 0.25) is 0 Å². The van der Waals surface area contributed by atoms with Crippen LogP contribution in [0.25, 0.3) is 0 Å². The third-order valence-corrected chi connectivity index (χ3v) is 19.6. The van der Waals surface area contributed by atoms with E-state index in [2.05, 4.69) is 32.7 Å². The Hall–Kier alpha value is -5.45. The number of likely N-dealkylation sites (tertiary alicyclic amines) is 1. The molecule has 2 unspecified atom stereocenters. The molecule has 0 radical (unpaired) electrons. The minimum Gasteiger partial charge on any atom is -0.394 e. The van der Waals surface area contributed by atoms with Gasteiger partial charge in [0.1, 0.15) is 121 Å². The number of nitrogens with one attached hydrogen (secondary N) is 4. The molecule has 0 bridgehead atoms. The fraction of sp³-hybridized carbons (Fsp3) is 0.871. The third kappa shape index (κ3) is 32.8. The minimum atomic E-state index is -2.00. The van der Waals surface area contributed by atoms with Gasteiger partial charge >= 0.3 is 0 Å². The van der Waals surface area contributed by atoms with Crippen LogP contribution in [-0.2, 0) is 90.5 Å². The van der Waals surface area contributed by atoms with Crippen LogP contribution < -0.4 is 32.7 Å². The highest BCUT2D eigenvalue weighted by atomic mass is 16.8. The average Bonchev–Trinajstić information content (AvgIpc) is 0.788. The highest BCUT2D eigenvalue weighted by Crippen LogP contribution is 2.33. The summed E-state index contributed by atoms with van der Waals surface area (Å²) in [5.41, 5.74) is 9.31. The summed E-state index contributed by atoms with van der Waals surface area (Å²) in [7, 11) is 0. The van der Waals surface area contributed by atoms with Gasteiger partial charge in [-0.05, 0) is 52.4 Å². The van der Waals surface area contributed by atoms with Gasteiger partial charge in [0.25, 0.3) is 0 Å². The smallest absolute Gasteiger partial charge is 0.234 e. The number of primary amides is 2. The Morgan fingerprint density at radius 1 is 0.416 bits per heavy atom. The number of unbranched alkanes of at least 4 members (excludes halogenated alkanes) is 4. The molecule has 27 atom stereocenters. The maximum absolute atomic E-state index is 13.9. The van der Waals surface area contributed by atoms with Crippen molar-refractivity contribution in [2.24, 2.45) is 23.3 Å². The Bertz CT molecular complexity index is 2790. The first kappa shape index (κ1) is 99.9. The number of rotatable bonds is 43. The molecular formula is C70H124N8O35. The predicted molar refractivity (Wildman–Crippen MR) is 384 cm³/mol. The number of aliphatic hydroxyl groups is 16. The Morgan fingerprint density at radius 2 is 0.823 bits per heavy atom. The molecule has 0 aromatic carbocycles. The predicted octanol–water partition coefficient (Wildman–Crippen LogP) is -10.4. The van der Waals surface area contributed by atoms with Crippen molar-refractivity contribution in [1.29, 1.82) is 0 Å². The standard InChI is InChI=1S/C64H110N6O33.2C3H7NO/c1-4-35(73)12-7-5-9-15-65-40(75)25-69(27-42(77)67-17-20-96-63-57(92)58(103-64-56(91)52(87)47(82)38(29-72)101-64)48(83)39(102-63)30-97-62-55(90)51(86)46(81)37(28-71)100-62)26-41(76)66-16-10-6-8-14-43(78)70-23-33(36(74)13-11-19-94-60-53(88)49(84)44(79)31(2)98-60)22-34(24-70)59(93)68-18-21-95-61-54(89)50(85)45(80)32(3)99-61;2*1-2-3(4)5/h31-34,37-39,44-58,60-64,71-72,79-92H,4-30H2,1-3H3,(H,65,75)(H,66,76)(H,67,77)(H,68,93);2*2H2,1H3,(H2,4,5)/t31-,32-,33?,34?,37+,38+,39+,44+,45+,46+,47+,48+,49+,50+,51-,52-,53-,54-,55-,56-,57-,58-,60+,61+,62-,63-,64+;;/m0../s1. The van der Waals surface area contributed by atoms with E-state index in [9.17, 15) is 125 Å². The molecule has 0 saturated carbocycles. The number of ketones is 2. The number of carbonyl (C=O) groups excluding carboxylic acids is 9. The lowest BCUT2D eigenvalue weighted by Gasteiger charge is -2.46. The number of nitrogens with two attached hydrogens (primary N) is 2. The largest absolute Gasteiger partial charge is 0.394 e. The van der Waals surface area contributed by atoms with Gasteiger partial charge in [-0.2, -0.15) is 0 Å². The first-order chi connectivity index (χ1) is 53.5. The summed E-state index contributed by atoms with van der Waals surface area (Å²) in [6, 6.07) is 0. The van der Waals surface area contributed by atoms with Gasteiger partial charge in [0.05, 0.1) is 77.4 Å². The molecule has 6 aliphatic rings. The molecule has 0 aromatic heterocycles. The molecule has 6 fully saturated rings. The summed E-state index contributed by atoms with van der Waals surface area (Å²) in [4.78, 5) is 115. The van der Waals surface area contributed by atoms with Gasteiger partial charge in [-0.15, -0.1) is 0 Å². The SMILES string of the molecule is CCC(=O)CCCCCNC(=O)CN(CC(=O)NCCCCCC(=O)N1CC(C(=O)CCCO[C@@H]2O[C@@H](C)[C@@H](O)[C@@H](O)[C@@H]2O)CC(C(=O)NCCO[C@@H]2O[C@@H](C)[C@@H](O)[C@@H](O)[C@@H]2O)C1)CC(=O)NCCO[C@H]1O[C@H](CO[C@H]2O[C@H](CO)[C@@H](O)[C@H](O)[C@@H]2O)[C@@H](O)[C@H](O[C@H]2O[C@H](CO)[C@@H](O)[C@H](O)[C@@H]2O)[C@@H]1O.CCC(N)=O.CCC(N)=O. The molecule has 24 N–H and O–H groups in total. The van der Waals surface area contributed by atoms with E-state index < -0.39 is 235 Å². The molecule has 43 nitrogen and oxygen atoms in total. The lowest BCUT2D eigenvalue weighted by Crippen LogP contribution is -2.65. The third-order valence-electron chi connectivity index (χ3n) is 19.6. The lowest BCUT2D eigenvalue weighted by molar-refractivity contribution is -0.366. The minimum absolute atomic E-state index is 0.00196. The van der Waals surface area contributed by atoms with Gasteiger partial charge in [-0.3, -0.25) is 48.1 Å². The van der Waals surface area contributed by atoms with Gasteiger partial charge in [0.15, 0.2) is 31.5 Å². The Kier molecular flexibility index (Phi) is 45.7. The monoisotopic (exact) mass is 1640 g/mol. The first-order valence-electron chi connectivity index (χ1n) is 38.4. The number of hydrogen-bond donors (Lipinski definition) is 22. The van der Waals surface area contributed by atoms with Crippen LogP contribution in [-0.4, -0.2) is 396 Å². The molecule has 6 rings (SSSR count). The van der Waals surface area contributed by atoms with Crippen molar-refractivity contribution in [2.45, 2.75) is 278 Å². The van der Waals surface area contributed by atoms with Crippen LogP contribution in [0.3, 0.4) is 0 Å². The molecule has 6 aliphatic heterocycles. The second-order valence-electron chi connectivity index (χ2n) is 28.5. The number of piperidine rings is 1. The van der Waals surface area contributed by atoms with Crippen molar-refractivity contribution in [3.8, 4) is 0 Å². The summed E-state index contributed by atoms with van der Waals surface area (Å²) in [6.45, 7) is 3.58. The number of hydrogen-bond acceptors (Lipinski definition) is 36. The quantitative estimate of drug-likeness (QED) is 0.0252. The van der Waals surface area contributed by atoms with Crippen LogP contribution in [0.5, 0.6) is 0 Å². The molecule has 0 spiro atoms. The van der Waals surface area contributed by atoms with Crippen molar-refractivity contribution in [2.75, 3.05) is 98.5 Å². The van der Waals surface area contributed by atoms with Gasteiger partial charge in [-0.1, -0.05) is 33.6 Å². The van der Waals surface area contributed by atoms with E-state index in [1.54, 1.807) is 20.8 Å². The van der Waals surface area contributed by atoms with Gasteiger partial charge in [0, 0.05) is 83.7 Å². The lowest BCUT2D eigenvalue weighted by atomic mass is 9.84. The van der Waals surface area contributed by atoms with Crippen LogP contribution in [0.1, 0.15) is 125 Å². The Balaban J connectivity index is 0.00000252. The van der Waals surface area contributed by atoms with E-state index in [1.165, 1.54) is 23.6 Å². The van der Waals surface area contributed by atoms with Crippen LogP contribution in [0.4, 0.5) is 0 Å². The molecule has 0 aromatic rings. The van der Waals surface area contributed by atoms with Gasteiger partial charge in [0.2, 0.25) is 41.4 Å². The van der Waals surface area contributed by atoms with Gasteiger partial charge < -0.3 is 167 Å². The molecule has 43 heteroatoms. The summed E-state index contributed by atoms with van der Waals surface area (Å²) in [6.07, 6.45) is -35.2. The summed E-state index contributed by atoms with van der Waals surface area (Å²) in [5.74, 6) is -4.96. The number of Topliss-reactive ketones (excluding diaryl/α,β-unsaturated/α-hetero) is 2. The maximum Gasteiger partial charge on any atom is 0.234 e. The van der Waals surface area contributed by atoms with Crippen LogP contribution >= 0.6 is 0 Å². The zero-order valence-electron chi connectivity index (χ0n) is 64.6. The summed E-state index contributed by atoms with van der Waals surface area (Å²) < 4.78 is 55.8. The zero-order chi connectivity index (χ0) is 84.3. The van der Waals surface area contributed by atoms with E-state index in [-0.39, 0.29) is 107 Å². The number of carbonyl (C=O) groups is 9. The first-order valence-corrected chi connectivity index (χ1v) is 38.4. The molecule has 7 amide bonds. The van der Waals surface area contributed by atoms with E-state index in [0.717, 1.165) is 0 Å². The van der Waals surface area contributed by atoms with Gasteiger partial charge in [-0.25, -0.2) is 0 Å².